The second-order valence-electron chi connectivity index (χ2n) is 6.15. The molecule has 10 heteroatoms. The van der Waals surface area contributed by atoms with Gasteiger partial charge in [-0.3, -0.25) is 9.71 Å². The van der Waals surface area contributed by atoms with E-state index in [2.05, 4.69) is 20.3 Å². The van der Waals surface area contributed by atoms with Crippen molar-refractivity contribution in [2.24, 2.45) is 0 Å². The largest absolute Gasteiger partial charge is 0.495 e. The van der Waals surface area contributed by atoms with Crippen LogP contribution < -0.4 is 20.1 Å². The first-order valence-corrected chi connectivity index (χ1v) is 10.6. The molecule has 2 amide bonds. The number of benzene rings is 2. The van der Waals surface area contributed by atoms with Crippen LogP contribution in [0.15, 0.2) is 71.9 Å². The Hall–Kier alpha value is -3.30. The lowest BCUT2D eigenvalue weighted by molar-refractivity contribution is 0.251. The van der Waals surface area contributed by atoms with Crippen molar-refractivity contribution in [1.29, 1.82) is 0 Å². The number of amides is 2. The molecule has 0 atom stereocenters. The summed E-state index contributed by atoms with van der Waals surface area (Å²) in [6.07, 6.45) is 3.31. The Morgan fingerprint density at radius 3 is 2.47 bits per heavy atom. The number of sulfonamides is 1. The molecular weight excluding hydrogens is 428 g/mol. The SMILES string of the molecule is COc1ccc(NS(=O)(=O)c2ccc(NC(=O)NCc3cccnc3)cc2)cc1Cl. The van der Waals surface area contributed by atoms with E-state index in [1.165, 1.54) is 37.4 Å². The van der Waals surface area contributed by atoms with E-state index in [1.54, 1.807) is 30.6 Å². The summed E-state index contributed by atoms with van der Waals surface area (Å²) in [5.41, 5.74) is 1.61. The van der Waals surface area contributed by atoms with Crippen LogP contribution in [-0.4, -0.2) is 26.5 Å². The van der Waals surface area contributed by atoms with Gasteiger partial charge < -0.3 is 15.4 Å². The fraction of sp³-hybridized carbons (Fsp3) is 0.100. The normalized spacial score (nSPS) is 10.9. The highest BCUT2D eigenvalue weighted by Crippen LogP contribution is 2.28. The maximum Gasteiger partial charge on any atom is 0.319 e. The summed E-state index contributed by atoms with van der Waals surface area (Å²) in [6, 6.07) is 13.6. The van der Waals surface area contributed by atoms with Gasteiger partial charge in [0.2, 0.25) is 0 Å². The fourth-order valence-electron chi connectivity index (χ4n) is 2.52. The van der Waals surface area contributed by atoms with Crippen LogP contribution in [0.2, 0.25) is 5.02 Å². The summed E-state index contributed by atoms with van der Waals surface area (Å²) >= 11 is 6.03. The number of hydrogen-bond acceptors (Lipinski definition) is 5. The molecular formula is C20H19ClN4O4S. The van der Waals surface area contributed by atoms with Gasteiger partial charge in [-0.15, -0.1) is 0 Å². The zero-order chi connectivity index (χ0) is 21.6. The van der Waals surface area contributed by atoms with Crippen molar-refractivity contribution in [3.05, 3.63) is 77.6 Å². The molecule has 0 saturated carbocycles. The molecule has 0 unspecified atom stereocenters. The molecule has 3 N–H and O–H groups in total. The van der Waals surface area contributed by atoms with E-state index < -0.39 is 16.1 Å². The number of halogens is 1. The quantitative estimate of drug-likeness (QED) is 0.510. The lowest BCUT2D eigenvalue weighted by atomic mass is 10.3. The van der Waals surface area contributed by atoms with E-state index in [9.17, 15) is 13.2 Å². The van der Waals surface area contributed by atoms with E-state index in [1.807, 2.05) is 6.07 Å². The van der Waals surface area contributed by atoms with Crippen LogP contribution in [0, 0.1) is 0 Å². The van der Waals surface area contributed by atoms with E-state index in [-0.39, 0.29) is 9.92 Å². The molecule has 0 bridgehead atoms. The van der Waals surface area contributed by atoms with Crippen LogP contribution in [0.3, 0.4) is 0 Å². The number of urea groups is 1. The molecule has 1 aromatic heterocycles. The molecule has 0 aliphatic heterocycles. The van der Waals surface area contributed by atoms with E-state index in [0.29, 0.717) is 23.7 Å². The Balaban J connectivity index is 1.61. The summed E-state index contributed by atoms with van der Waals surface area (Å²) in [4.78, 5) is 16.0. The topological polar surface area (TPSA) is 109 Å². The lowest BCUT2D eigenvalue weighted by Gasteiger charge is -2.11. The molecule has 0 aliphatic rings. The average molecular weight is 447 g/mol. The van der Waals surface area contributed by atoms with Crippen LogP contribution in [0.25, 0.3) is 0 Å². The molecule has 1 heterocycles. The molecule has 3 aromatic rings. The number of carbonyl (C=O) groups is 1. The van der Waals surface area contributed by atoms with Crippen molar-refractivity contribution in [2.75, 3.05) is 17.1 Å². The number of pyridine rings is 1. The van der Waals surface area contributed by atoms with Gasteiger partial charge >= 0.3 is 6.03 Å². The molecule has 0 saturated heterocycles. The number of ether oxygens (including phenoxy) is 1. The van der Waals surface area contributed by atoms with Crippen LogP contribution in [-0.2, 0) is 16.6 Å². The van der Waals surface area contributed by atoms with Crippen LogP contribution >= 0.6 is 11.6 Å². The highest BCUT2D eigenvalue weighted by Gasteiger charge is 2.15. The number of carbonyl (C=O) groups excluding carboxylic acids is 1. The summed E-state index contributed by atoms with van der Waals surface area (Å²) in [7, 11) is -2.35. The van der Waals surface area contributed by atoms with E-state index in [4.69, 9.17) is 16.3 Å². The molecule has 0 aliphatic carbocycles. The van der Waals surface area contributed by atoms with E-state index in [0.717, 1.165) is 5.56 Å². The van der Waals surface area contributed by atoms with Gasteiger partial charge in [0, 0.05) is 24.6 Å². The second kappa shape index (κ2) is 9.47. The fourth-order valence-corrected chi connectivity index (χ4v) is 3.83. The number of methoxy groups -OCH3 is 1. The molecule has 0 fully saturated rings. The van der Waals surface area contributed by atoms with Crippen molar-refractivity contribution in [1.82, 2.24) is 10.3 Å². The first-order valence-electron chi connectivity index (χ1n) is 8.77. The summed E-state index contributed by atoms with van der Waals surface area (Å²) < 4.78 is 32.6. The third kappa shape index (κ3) is 5.62. The summed E-state index contributed by atoms with van der Waals surface area (Å²) in [6.45, 7) is 0.320. The Bertz CT molecular complexity index is 1120. The van der Waals surface area contributed by atoms with E-state index >= 15 is 0 Å². The minimum atomic E-state index is -3.83. The number of rotatable bonds is 7. The zero-order valence-corrected chi connectivity index (χ0v) is 17.5. The average Bonchev–Trinajstić information content (AvgIpc) is 2.73. The highest BCUT2D eigenvalue weighted by molar-refractivity contribution is 7.92. The molecule has 0 radical (unpaired) electrons. The van der Waals surface area contributed by atoms with Crippen molar-refractivity contribution >= 4 is 39.0 Å². The molecule has 30 heavy (non-hydrogen) atoms. The Morgan fingerprint density at radius 1 is 1.10 bits per heavy atom. The minimum Gasteiger partial charge on any atom is -0.495 e. The van der Waals surface area contributed by atoms with Gasteiger partial charge in [0.1, 0.15) is 5.75 Å². The standard InChI is InChI=1S/C20H19ClN4O4S/c1-29-19-9-6-16(11-18(19)21)25-30(27,28)17-7-4-15(5-8-17)24-20(26)23-13-14-3-2-10-22-12-14/h2-12,25H,13H2,1H3,(H2,23,24,26). The minimum absolute atomic E-state index is 0.0377. The molecule has 2 aromatic carbocycles. The summed E-state index contributed by atoms with van der Waals surface area (Å²) in [5.74, 6) is 0.442. The molecule has 3 rings (SSSR count). The van der Waals surface area contributed by atoms with Crippen molar-refractivity contribution in [2.45, 2.75) is 11.4 Å². The van der Waals surface area contributed by atoms with Crippen molar-refractivity contribution in [3.63, 3.8) is 0 Å². The highest BCUT2D eigenvalue weighted by atomic mass is 35.5. The Labute approximate surface area is 179 Å². The number of anilines is 2. The predicted octanol–water partition coefficient (Wildman–Crippen LogP) is 3.87. The lowest BCUT2D eigenvalue weighted by Crippen LogP contribution is -2.28. The Morgan fingerprint density at radius 2 is 1.83 bits per heavy atom. The predicted molar refractivity (Wildman–Crippen MR) is 115 cm³/mol. The zero-order valence-electron chi connectivity index (χ0n) is 15.9. The van der Waals surface area contributed by atoms with Gasteiger partial charge in [-0.05, 0) is 54.1 Å². The first kappa shape index (κ1) is 21.4. The van der Waals surface area contributed by atoms with Gasteiger partial charge in [0.15, 0.2) is 0 Å². The van der Waals surface area contributed by atoms with Crippen molar-refractivity contribution < 1.29 is 17.9 Å². The number of aromatic nitrogens is 1. The number of hydrogen-bond donors (Lipinski definition) is 3. The Kier molecular flexibility index (Phi) is 6.76. The van der Waals surface area contributed by atoms with Crippen molar-refractivity contribution in [3.8, 4) is 5.75 Å². The monoisotopic (exact) mass is 446 g/mol. The van der Waals surface area contributed by atoms with Crippen LogP contribution in [0.4, 0.5) is 16.2 Å². The third-order valence-electron chi connectivity index (χ3n) is 4.00. The van der Waals surface area contributed by atoms with Gasteiger partial charge in [-0.1, -0.05) is 17.7 Å². The molecule has 156 valence electrons. The van der Waals surface area contributed by atoms with Crippen LogP contribution in [0.5, 0.6) is 5.75 Å². The van der Waals surface area contributed by atoms with Gasteiger partial charge in [-0.25, -0.2) is 13.2 Å². The molecule has 0 spiro atoms. The number of nitrogens with zero attached hydrogens (tertiary/aromatic N) is 1. The summed E-state index contributed by atoms with van der Waals surface area (Å²) in [5, 5.41) is 5.63. The maximum absolute atomic E-state index is 12.6. The smallest absolute Gasteiger partial charge is 0.319 e. The number of nitrogens with one attached hydrogen (secondary N) is 3. The molecule has 8 nitrogen and oxygen atoms in total. The third-order valence-corrected chi connectivity index (χ3v) is 5.69. The first-order chi connectivity index (χ1) is 14.4. The van der Waals surface area contributed by atoms with Crippen LogP contribution in [0.1, 0.15) is 5.56 Å². The van der Waals surface area contributed by atoms with Gasteiger partial charge in [0.25, 0.3) is 10.0 Å². The van der Waals surface area contributed by atoms with Gasteiger partial charge in [-0.2, -0.15) is 0 Å². The second-order valence-corrected chi connectivity index (χ2v) is 8.24. The van der Waals surface area contributed by atoms with Gasteiger partial charge in [0.05, 0.1) is 22.7 Å². The maximum atomic E-state index is 12.6.